The lowest BCUT2D eigenvalue weighted by Gasteiger charge is -2.22. The van der Waals surface area contributed by atoms with Crippen molar-refractivity contribution < 1.29 is 9.53 Å². The van der Waals surface area contributed by atoms with Gasteiger partial charge < -0.3 is 10.5 Å². The van der Waals surface area contributed by atoms with Crippen molar-refractivity contribution in [2.24, 2.45) is 5.73 Å². The molecule has 1 amide bonds. The predicted octanol–water partition coefficient (Wildman–Crippen LogP) is 1.56. The summed E-state index contributed by atoms with van der Waals surface area (Å²) < 4.78 is 5.36. The van der Waals surface area contributed by atoms with Crippen LogP contribution in [0.1, 0.15) is 34.8 Å². The highest BCUT2D eigenvalue weighted by Gasteiger charge is 2.17. The second kappa shape index (κ2) is 4.42. The van der Waals surface area contributed by atoms with Crippen LogP contribution in [0.15, 0.2) is 18.2 Å². The first-order valence-electron chi connectivity index (χ1n) is 6.11. The number of primary amides is 1. The van der Waals surface area contributed by atoms with Crippen molar-refractivity contribution in [3.05, 3.63) is 29.5 Å². The van der Waals surface area contributed by atoms with Crippen molar-refractivity contribution >= 4 is 16.8 Å². The van der Waals surface area contributed by atoms with E-state index < -0.39 is 5.91 Å². The van der Waals surface area contributed by atoms with Gasteiger partial charge in [-0.25, -0.2) is 0 Å². The average Bonchev–Trinajstić information content (AvgIpc) is 2.82. The van der Waals surface area contributed by atoms with Crippen molar-refractivity contribution in [1.29, 1.82) is 0 Å². The van der Waals surface area contributed by atoms with Gasteiger partial charge in [0.2, 0.25) is 0 Å². The standard InChI is InChI=1S/C13H15N3O2/c14-13(17)12-10-2-1-9(7-11(10)15-16-12)8-3-5-18-6-4-8/h1-2,7-8H,3-6H2,(H2,14,17)(H,15,16). The second-order valence-electron chi connectivity index (χ2n) is 4.63. The summed E-state index contributed by atoms with van der Waals surface area (Å²) in [7, 11) is 0. The molecule has 0 bridgehead atoms. The van der Waals surface area contributed by atoms with Crippen LogP contribution in [0.4, 0.5) is 0 Å². The van der Waals surface area contributed by atoms with Crippen LogP contribution in [0.5, 0.6) is 0 Å². The predicted molar refractivity (Wildman–Crippen MR) is 67.4 cm³/mol. The third-order valence-corrected chi connectivity index (χ3v) is 3.51. The number of hydrogen-bond donors (Lipinski definition) is 2. The van der Waals surface area contributed by atoms with Gasteiger partial charge in [-0.05, 0) is 30.4 Å². The Morgan fingerprint density at radius 3 is 2.89 bits per heavy atom. The fourth-order valence-electron chi connectivity index (χ4n) is 2.51. The van der Waals surface area contributed by atoms with Gasteiger partial charge in [0, 0.05) is 18.6 Å². The number of aromatic nitrogens is 2. The molecule has 1 aromatic heterocycles. The van der Waals surface area contributed by atoms with E-state index in [1.54, 1.807) is 0 Å². The normalized spacial score (nSPS) is 17.1. The largest absolute Gasteiger partial charge is 0.381 e. The summed E-state index contributed by atoms with van der Waals surface area (Å²) in [5.41, 5.74) is 7.71. The zero-order chi connectivity index (χ0) is 12.5. The van der Waals surface area contributed by atoms with Gasteiger partial charge >= 0.3 is 0 Å². The molecule has 0 unspecified atom stereocenters. The summed E-state index contributed by atoms with van der Waals surface area (Å²) in [5, 5.41) is 7.61. The van der Waals surface area contributed by atoms with Crippen molar-refractivity contribution in [1.82, 2.24) is 10.2 Å². The van der Waals surface area contributed by atoms with E-state index in [1.807, 2.05) is 6.07 Å². The van der Waals surface area contributed by atoms with Crippen LogP contribution in [0.2, 0.25) is 0 Å². The summed E-state index contributed by atoms with van der Waals surface area (Å²) in [6, 6.07) is 6.04. The molecule has 1 fully saturated rings. The number of rotatable bonds is 2. The number of hydrogen-bond acceptors (Lipinski definition) is 3. The maximum Gasteiger partial charge on any atom is 0.269 e. The molecule has 1 aliphatic heterocycles. The maximum absolute atomic E-state index is 11.2. The molecule has 5 heteroatoms. The van der Waals surface area contributed by atoms with Gasteiger partial charge in [0.15, 0.2) is 5.69 Å². The van der Waals surface area contributed by atoms with E-state index in [9.17, 15) is 4.79 Å². The Morgan fingerprint density at radius 2 is 2.17 bits per heavy atom. The lowest BCUT2D eigenvalue weighted by atomic mass is 9.91. The highest BCUT2D eigenvalue weighted by molar-refractivity contribution is 6.03. The number of fused-ring (bicyclic) bond motifs is 1. The molecule has 2 aromatic rings. The van der Waals surface area contributed by atoms with Crippen LogP contribution in [-0.2, 0) is 4.74 Å². The molecule has 3 N–H and O–H groups in total. The minimum absolute atomic E-state index is 0.309. The molecule has 0 aliphatic carbocycles. The molecule has 0 saturated carbocycles. The van der Waals surface area contributed by atoms with Crippen LogP contribution < -0.4 is 5.73 Å². The Balaban J connectivity index is 1.98. The van der Waals surface area contributed by atoms with E-state index in [-0.39, 0.29) is 0 Å². The first-order valence-corrected chi connectivity index (χ1v) is 6.11. The molecule has 5 nitrogen and oxygen atoms in total. The summed E-state index contributed by atoms with van der Waals surface area (Å²) in [4.78, 5) is 11.2. The van der Waals surface area contributed by atoms with E-state index in [4.69, 9.17) is 10.5 Å². The van der Waals surface area contributed by atoms with Crippen LogP contribution in [-0.4, -0.2) is 29.3 Å². The van der Waals surface area contributed by atoms with Gasteiger partial charge in [0.05, 0.1) is 5.52 Å². The Labute approximate surface area is 104 Å². The number of ether oxygens (including phenoxy) is 1. The second-order valence-corrected chi connectivity index (χ2v) is 4.63. The molecule has 0 radical (unpaired) electrons. The third-order valence-electron chi connectivity index (χ3n) is 3.51. The zero-order valence-electron chi connectivity index (χ0n) is 9.98. The minimum atomic E-state index is -0.500. The van der Waals surface area contributed by atoms with E-state index in [1.165, 1.54) is 5.56 Å². The Kier molecular flexibility index (Phi) is 2.76. The van der Waals surface area contributed by atoms with E-state index >= 15 is 0 Å². The van der Waals surface area contributed by atoms with Gasteiger partial charge in [-0.2, -0.15) is 5.10 Å². The van der Waals surface area contributed by atoms with E-state index in [2.05, 4.69) is 22.3 Å². The molecule has 0 atom stereocenters. The highest BCUT2D eigenvalue weighted by atomic mass is 16.5. The number of carbonyl (C=O) groups is 1. The Morgan fingerprint density at radius 1 is 1.39 bits per heavy atom. The van der Waals surface area contributed by atoms with Gasteiger partial charge in [-0.3, -0.25) is 9.89 Å². The van der Waals surface area contributed by atoms with E-state index in [0.29, 0.717) is 11.6 Å². The number of nitrogens with two attached hydrogens (primary N) is 1. The van der Waals surface area contributed by atoms with Crippen LogP contribution in [0, 0.1) is 0 Å². The molecular formula is C13H15N3O2. The SMILES string of the molecule is NC(=O)c1n[nH]c2cc(C3CCOCC3)ccc12. The summed E-state index contributed by atoms with van der Waals surface area (Å²) >= 11 is 0. The van der Waals surface area contributed by atoms with Crippen molar-refractivity contribution in [2.45, 2.75) is 18.8 Å². The summed E-state index contributed by atoms with van der Waals surface area (Å²) in [6.45, 7) is 1.64. The quantitative estimate of drug-likeness (QED) is 0.842. The number of H-pyrrole nitrogens is 1. The van der Waals surface area contributed by atoms with Crippen LogP contribution >= 0.6 is 0 Å². The number of nitrogens with one attached hydrogen (secondary N) is 1. The van der Waals surface area contributed by atoms with Crippen molar-refractivity contribution in [2.75, 3.05) is 13.2 Å². The highest BCUT2D eigenvalue weighted by Crippen LogP contribution is 2.29. The van der Waals surface area contributed by atoms with Gasteiger partial charge in [-0.1, -0.05) is 12.1 Å². The monoisotopic (exact) mass is 245 g/mol. The molecule has 1 aliphatic rings. The number of amides is 1. The molecule has 3 rings (SSSR count). The van der Waals surface area contributed by atoms with Crippen LogP contribution in [0.25, 0.3) is 10.9 Å². The van der Waals surface area contributed by atoms with Gasteiger partial charge in [0.1, 0.15) is 0 Å². The van der Waals surface area contributed by atoms with Crippen molar-refractivity contribution in [3.8, 4) is 0 Å². The zero-order valence-corrected chi connectivity index (χ0v) is 9.98. The lowest BCUT2D eigenvalue weighted by molar-refractivity contribution is 0.0853. The minimum Gasteiger partial charge on any atom is -0.381 e. The number of nitrogens with zero attached hydrogens (tertiary/aromatic N) is 1. The molecule has 0 spiro atoms. The van der Waals surface area contributed by atoms with E-state index in [0.717, 1.165) is 37.0 Å². The smallest absolute Gasteiger partial charge is 0.269 e. The fraction of sp³-hybridized carbons (Fsp3) is 0.385. The Hall–Kier alpha value is -1.88. The van der Waals surface area contributed by atoms with Gasteiger partial charge in [0.25, 0.3) is 5.91 Å². The van der Waals surface area contributed by atoms with Gasteiger partial charge in [-0.15, -0.1) is 0 Å². The molecular weight excluding hydrogens is 230 g/mol. The molecule has 94 valence electrons. The Bertz CT molecular complexity index is 585. The molecule has 18 heavy (non-hydrogen) atoms. The third kappa shape index (κ3) is 1.86. The number of aromatic amines is 1. The number of benzene rings is 1. The number of carbonyl (C=O) groups excluding carboxylic acids is 1. The summed E-state index contributed by atoms with van der Waals surface area (Å²) in [5.74, 6) is 0.0311. The molecule has 2 heterocycles. The lowest BCUT2D eigenvalue weighted by Crippen LogP contribution is -2.14. The van der Waals surface area contributed by atoms with Crippen LogP contribution in [0.3, 0.4) is 0 Å². The molecule has 1 aromatic carbocycles. The van der Waals surface area contributed by atoms with Crippen molar-refractivity contribution in [3.63, 3.8) is 0 Å². The maximum atomic E-state index is 11.2. The topological polar surface area (TPSA) is 81.0 Å². The first-order chi connectivity index (χ1) is 8.75. The first kappa shape index (κ1) is 11.2. The average molecular weight is 245 g/mol. The summed E-state index contributed by atoms with van der Waals surface area (Å²) in [6.07, 6.45) is 2.09. The molecule has 1 saturated heterocycles. The fourth-order valence-corrected chi connectivity index (χ4v) is 2.51.